The van der Waals surface area contributed by atoms with Crippen LogP contribution in [0.5, 0.6) is 11.5 Å². The van der Waals surface area contributed by atoms with E-state index in [9.17, 15) is 4.79 Å². The smallest absolute Gasteiger partial charge is 0.244 e. The maximum atomic E-state index is 12.2. The molecule has 4 rings (SSSR count). The lowest BCUT2D eigenvalue weighted by Gasteiger charge is -2.32. The number of amides is 1. The summed E-state index contributed by atoms with van der Waals surface area (Å²) in [7, 11) is 0. The Morgan fingerprint density at radius 1 is 1.11 bits per heavy atom. The zero-order chi connectivity index (χ0) is 19.3. The normalized spacial score (nSPS) is 17.2. The fourth-order valence-electron chi connectivity index (χ4n) is 3.52. The van der Waals surface area contributed by atoms with Crippen LogP contribution in [0, 0.1) is 0 Å². The molecule has 0 bridgehead atoms. The van der Waals surface area contributed by atoms with Gasteiger partial charge in [-0.2, -0.15) is 0 Å². The second-order valence-corrected chi connectivity index (χ2v) is 7.57. The summed E-state index contributed by atoms with van der Waals surface area (Å²) in [5.74, 6) is 1.40. The van der Waals surface area contributed by atoms with Crippen LogP contribution in [-0.4, -0.2) is 36.7 Å². The number of carbonyl (C=O) groups is 1. The first-order valence-electron chi connectivity index (χ1n) is 9.51. The summed E-state index contributed by atoms with van der Waals surface area (Å²) < 4.78 is 10.7. The summed E-state index contributed by atoms with van der Waals surface area (Å²) in [6.07, 6.45) is 5.29. The highest BCUT2D eigenvalue weighted by Crippen LogP contribution is 2.32. The van der Waals surface area contributed by atoms with E-state index in [0.29, 0.717) is 0 Å². The monoisotopic (exact) mass is 398 g/mol. The fourth-order valence-corrected chi connectivity index (χ4v) is 3.65. The lowest BCUT2D eigenvalue weighted by molar-refractivity contribution is -0.117. The van der Waals surface area contributed by atoms with Crippen molar-refractivity contribution in [3.8, 4) is 11.5 Å². The lowest BCUT2D eigenvalue weighted by Crippen LogP contribution is -2.43. The molecule has 1 fully saturated rings. The Balaban J connectivity index is 1.23. The molecule has 2 heterocycles. The van der Waals surface area contributed by atoms with Gasteiger partial charge in [0.25, 0.3) is 0 Å². The van der Waals surface area contributed by atoms with Crippen molar-refractivity contribution in [2.75, 3.05) is 19.9 Å². The Labute approximate surface area is 169 Å². The predicted octanol–water partition coefficient (Wildman–Crippen LogP) is 3.86. The molecule has 28 heavy (non-hydrogen) atoms. The van der Waals surface area contributed by atoms with Crippen molar-refractivity contribution in [2.24, 2.45) is 0 Å². The largest absolute Gasteiger partial charge is 0.454 e. The average Bonchev–Trinajstić information content (AvgIpc) is 3.17. The third-order valence-corrected chi connectivity index (χ3v) is 5.33. The molecule has 2 aromatic rings. The number of hydrogen-bond donors (Lipinski definition) is 1. The van der Waals surface area contributed by atoms with Gasteiger partial charge in [-0.15, -0.1) is 0 Å². The van der Waals surface area contributed by atoms with Crippen molar-refractivity contribution < 1.29 is 14.3 Å². The second kappa shape index (κ2) is 8.67. The van der Waals surface area contributed by atoms with E-state index in [1.165, 1.54) is 5.56 Å². The minimum absolute atomic E-state index is 0.0613. The Bertz CT molecular complexity index is 859. The van der Waals surface area contributed by atoms with Gasteiger partial charge < -0.3 is 14.8 Å². The first kappa shape index (κ1) is 18.8. The van der Waals surface area contributed by atoms with E-state index in [-0.39, 0.29) is 18.7 Å². The highest BCUT2D eigenvalue weighted by atomic mass is 35.5. The lowest BCUT2D eigenvalue weighted by atomic mass is 10.0. The highest BCUT2D eigenvalue weighted by molar-refractivity contribution is 6.30. The maximum absolute atomic E-state index is 12.2. The van der Waals surface area contributed by atoms with Gasteiger partial charge in [0.15, 0.2) is 11.5 Å². The number of carbonyl (C=O) groups excluding carboxylic acids is 1. The van der Waals surface area contributed by atoms with E-state index in [2.05, 4.69) is 22.3 Å². The maximum Gasteiger partial charge on any atom is 0.244 e. The molecule has 2 aliphatic rings. The number of rotatable bonds is 5. The third-order valence-electron chi connectivity index (χ3n) is 5.08. The number of piperidine rings is 1. The van der Waals surface area contributed by atoms with Crippen molar-refractivity contribution in [2.45, 2.75) is 25.4 Å². The molecule has 2 aliphatic heterocycles. The van der Waals surface area contributed by atoms with Crippen LogP contribution in [0.3, 0.4) is 0 Å². The molecule has 0 radical (unpaired) electrons. The van der Waals surface area contributed by atoms with E-state index < -0.39 is 0 Å². The molecule has 146 valence electrons. The number of nitrogens with zero attached hydrogens (tertiary/aromatic N) is 1. The first-order valence-corrected chi connectivity index (χ1v) is 9.88. The molecule has 1 amide bonds. The summed E-state index contributed by atoms with van der Waals surface area (Å²) in [5, 5.41) is 3.87. The summed E-state index contributed by atoms with van der Waals surface area (Å²) in [6, 6.07) is 13.8. The number of halogens is 1. The van der Waals surface area contributed by atoms with Crippen LogP contribution < -0.4 is 14.8 Å². The number of ether oxygens (including phenoxy) is 2. The van der Waals surface area contributed by atoms with Gasteiger partial charge in [-0.05, 0) is 54.3 Å². The van der Waals surface area contributed by atoms with Crippen LogP contribution in [0.4, 0.5) is 0 Å². The number of nitrogens with one attached hydrogen (secondary N) is 1. The minimum Gasteiger partial charge on any atom is -0.454 e. The second-order valence-electron chi connectivity index (χ2n) is 7.13. The zero-order valence-electron chi connectivity index (χ0n) is 15.6. The summed E-state index contributed by atoms with van der Waals surface area (Å²) in [4.78, 5) is 14.7. The quantitative estimate of drug-likeness (QED) is 0.777. The predicted molar refractivity (Wildman–Crippen MR) is 109 cm³/mol. The number of fused-ring (bicyclic) bond motifs is 1. The Hall–Kier alpha value is -2.50. The van der Waals surface area contributed by atoms with E-state index in [4.69, 9.17) is 21.1 Å². The van der Waals surface area contributed by atoms with Crippen LogP contribution in [0.15, 0.2) is 48.5 Å². The fraction of sp³-hybridized carbons (Fsp3) is 0.318. The summed E-state index contributed by atoms with van der Waals surface area (Å²) >= 11 is 5.94. The van der Waals surface area contributed by atoms with Crippen molar-refractivity contribution >= 4 is 23.6 Å². The Morgan fingerprint density at radius 2 is 1.86 bits per heavy atom. The minimum atomic E-state index is -0.0613. The van der Waals surface area contributed by atoms with Crippen LogP contribution in [0.1, 0.15) is 24.0 Å². The molecule has 1 saturated heterocycles. The SMILES string of the molecule is O=C(/C=C/c1ccc2c(c1)OCO2)NC1CCN(Cc2ccc(Cl)cc2)CC1. The average molecular weight is 399 g/mol. The van der Waals surface area contributed by atoms with Gasteiger partial charge in [-0.25, -0.2) is 0 Å². The first-order chi connectivity index (χ1) is 13.7. The van der Waals surface area contributed by atoms with Crippen molar-refractivity contribution in [3.63, 3.8) is 0 Å². The molecule has 1 N–H and O–H groups in total. The molecule has 0 spiro atoms. The summed E-state index contributed by atoms with van der Waals surface area (Å²) in [6.45, 7) is 3.11. The molecule has 0 atom stereocenters. The van der Waals surface area contributed by atoms with E-state index >= 15 is 0 Å². The Morgan fingerprint density at radius 3 is 2.64 bits per heavy atom. The van der Waals surface area contributed by atoms with Crippen LogP contribution in [0.2, 0.25) is 5.02 Å². The van der Waals surface area contributed by atoms with Crippen molar-refractivity contribution in [1.82, 2.24) is 10.2 Å². The standard InChI is InChI=1S/C22H23ClN2O3/c23-18-5-1-17(2-6-18)14-25-11-9-19(10-12-25)24-22(26)8-4-16-3-7-20-21(13-16)28-15-27-20/h1-8,13,19H,9-12,14-15H2,(H,24,26)/b8-4+. The van der Waals surface area contributed by atoms with Gasteiger partial charge in [0.2, 0.25) is 12.7 Å². The van der Waals surface area contributed by atoms with E-state index in [1.807, 2.05) is 30.3 Å². The molecule has 0 aromatic heterocycles. The summed E-state index contributed by atoms with van der Waals surface area (Å²) in [5.41, 5.74) is 2.18. The third kappa shape index (κ3) is 4.86. The van der Waals surface area contributed by atoms with Gasteiger partial charge in [0, 0.05) is 36.8 Å². The molecular formula is C22H23ClN2O3. The van der Waals surface area contributed by atoms with E-state index in [0.717, 1.165) is 54.6 Å². The molecule has 2 aromatic carbocycles. The van der Waals surface area contributed by atoms with E-state index in [1.54, 1.807) is 12.2 Å². The molecule has 0 unspecified atom stereocenters. The van der Waals surface area contributed by atoms with Crippen LogP contribution in [-0.2, 0) is 11.3 Å². The topological polar surface area (TPSA) is 50.8 Å². The number of likely N-dealkylation sites (tertiary alicyclic amines) is 1. The van der Waals surface area contributed by atoms with Gasteiger partial charge in [-0.3, -0.25) is 9.69 Å². The zero-order valence-corrected chi connectivity index (χ0v) is 16.3. The van der Waals surface area contributed by atoms with Gasteiger partial charge in [-0.1, -0.05) is 29.8 Å². The number of hydrogen-bond acceptors (Lipinski definition) is 4. The molecule has 5 nitrogen and oxygen atoms in total. The van der Waals surface area contributed by atoms with Crippen LogP contribution in [0.25, 0.3) is 6.08 Å². The van der Waals surface area contributed by atoms with Crippen molar-refractivity contribution in [1.29, 1.82) is 0 Å². The molecular weight excluding hydrogens is 376 g/mol. The Kier molecular flexibility index (Phi) is 5.84. The van der Waals surface area contributed by atoms with Gasteiger partial charge in [0.1, 0.15) is 0 Å². The van der Waals surface area contributed by atoms with Crippen LogP contribution >= 0.6 is 11.6 Å². The van der Waals surface area contributed by atoms with Gasteiger partial charge in [0.05, 0.1) is 0 Å². The molecule has 6 heteroatoms. The molecule has 0 saturated carbocycles. The number of benzene rings is 2. The van der Waals surface area contributed by atoms with Gasteiger partial charge >= 0.3 is 0 Å². The van der Waals surface area contributed by atoms with Crippen molar-refractivity contribution in [3.05, 3.63) is 64.7 Å². The molecule has 0 aliphatic carbocycles. The highest BCUT2D eigenvalue weighted by Gasteiger charge is 2.20.